The van der Waals surface area contributed by atoms with Gasteiger partial charge in [-0.15, -0.1) is 11.3 Å². The quantitative estimate of drug-likeness (QED) is 0.670. The highest BCUT2D eigenvalue weighted by molar-refractivity contribution is 7.16. The molecule has 0 unspecified atom stereocenters. The molecule has 3 aromatic heterocycles. The van der Waals surface area contributed by atoms with Crippen molar-refractivity contribution in [2.45, 2.75) is 0 Å². The lowest BCUT2D eigenvalue weighted by molar-refractivity contribution is 0.854. The van der Waals surface area contributed by atoms with E-state index in [1.807, 2.05) is 23.7 Å². The molecule has 0 radical (unpaired) electrons. The van der Waals surface area contributed by atoms with E-state index in [0.29, 0.717) is 0 Å². The van der Waals surface area contributed by atoms with Crippen molar-refractivity contribution < 1.29 is 0 Å². The largest absolute Gasteiger partial charge is 0.368 e. The highest BCUT2D eigenvalue weighted by Gasteiger charge is 2.08. The van der Waals surface area contributed by atoms with Crippen molar-refractivity contribution in [1.82, 2.24) is 19.7 Å². The molecule has 0 aliphatic rings. The number of fused-ring (bicyclic) bond motifs is 1. The van der Waals surface area contributed by atoms with Gasteiger partial charge in [0.2, 0.25) is 5.95 Å². The molecule has 15 heavy (non-hydrogen) atoms. The highest BCUT2D eigenvalue weighted by Crippen LogP contribution is 2.24. The Morgan fingerprint density at radius 3 is 3.07 bits per heavy atom. The van der Waals surface area contributed by atoms with Crippen LogP contribution in [0.1, 0.15) is 0 Å². The van der Waals surface area contributed by atoms with Crippen molar-refractivity contribution in [2.24, 2.45) is 0 Å². The first-order valence-corrected chi connectivity index (χ1v) is 5.23. The van der Waals surface area contributed by atoms with Crippen molar-refractivity contribution in [1.29, 1.82) is 0 Å². The number of hydrogen-bond donors (Lipinski definition) is 1. The Kier molecular flexibility index (Phi) is 1.69. The normalized spacial score (nSPS) is 10.9. The molecule has 0 aliphatic heterocycles. The minimum atomic E-state index is 0.274. The molecule has 0 amide bonds. The van der Waals surface area contributed by atoms with Gasteiger partial charge in [-0.25, -0.2) is 9.67 Å². The maximum atomic E-state index is 5.63. The number of hydrogen-bond acceptors (Lipinski definition) is 5. The number of aromatic nitrogens is 4. The van der Waals surface area contributed by atoms with E-state index >= 15 is 0 Å². The Hall–Kier alpha value is -1.95. The first-order chi connectivity index (χ1) is 7.34. The van der Waals surface area contributed by atoms with E-state index in [4.69, 9.17) is 5.73 Å². The third-order valence-electron chi connectivity index (χ3n) is 2.04. The van der Waals surface area contributed by atoms with Crippen molar-refractivity contribution in [3.05, 3.63) is 29.9 Å². The second-order valence-corrected chi connectivity index (χ2v) is 3.89. The molecule has 0 saturated carbocycles. The predicted octanol–water partition coefficient (Wildman–Crippen LogP) is 1.46. The topological polar surface area (TPSA) is 69.6 Å². The minimum absolute atomic E-state index is 0.274. The molecule has 0 bridgehead atoms. The van der Waals surface area contributed by atoms with Crippen molar-refractivity contribution >= 4 is 27.5 Å². The van der Waals surface area contributed by atoms with Crippen LogP contribution in [-0.4, -0.2) is 19.7 Å². The van der Waals surface area contributed by atoms with E-state index in [0.717, 1.165) is 16.0 Å². The van der Waals surface area contributed by atoms with Crippen LogP contribution in [0, 0.1) is 0 Å². The van der Waals surface area contributed by atoms with Gasteiger partial charge in [-0.2, -0.15) is 10.1 Å². The van der Waals surface area contributed by atoms with Gasteiger partial charge >= 0.3 is 0 Å². The van der Waals surface area contributed by atoms with Crippen molar-refractivity contribution in [3.63, 3.8) is 0 Å². The van der Waals surface area contributed by atoms with E-state index in [2.05, 4.69) is 15.1 Å². The van der Waals surface area contributed by atoms with Gasteiger partial charge in [-0.05, 0) is 17.5 Å². The molecule has 0 aliphatic carbocycles. The van der Waals surface area contributed by atoms with Gasteiger partial charge in [0.05, 0.1) is 5.39 Å². The van der Waals surface area contributed by atoms with Crippen LogP contribution < -0.4 is 5.73 Å². The molecule has 3 heterocycles. The van der Waals surface area contributed by atoms with Crippen molar-refractivity contribution in [2.75, 3.05) is 5.73 Å². The van der Waals surface area contributed by atoms with Crippen LogP contribution in [0.3, 0.4) is 0 Å². The lowest BCUT2D eigenvalue weighted by atomic mass is 10.4. The summed E-state index contributed by atoms with van der Waals surface area (Å²) in [5, 5.41) is 7.07. The zero-order valence-corrected chi connectivity index (χ0v) is 8.48. The van der Waals surface area contributed by atoms with Crippen LogP contribution in [0.25, 0.3) is 16.0 Å². The lowest BCUT2D eigenvalue weighted by Crippen LogP contribution is -2.03. The molecule has 0 atom stereocenters. The summed E-state index contributed by atoms with van der Waals surface area (Å²) in [5.74, 6) is 0.999. The zero-order valence-electron chi connectivity index (χ0n) is 7.66. The summed E-state index contributed by atoms with van der Waals surface area (Å²) in [6, 6.07) is 3.81. The number of nitrogens with two attached hydrogens (primary N) is 1. The Bertz CT molecular complexity index is 598. The van der Waals surface area contributed by atoms with E-state index in [-0.39, 0.29) is 5.95 Å². The van der Waals surface area contributed by atoms with Crippen LogP contribution in [-0.2, 0) is 0 Å². The predicted molar refractivity (Wildman–Crippen MR) is 58.9 cm³/mol. The van der Waals surface area contributed by atoms with E-state index in [9.17, 15) is 0 Å². The Labute approximate surface area is 89.2 Å². The van der Waals surface area contributed by atoms with E-state index < -0.39 is 0 Å². The van der Waals surface area contributed by atoms with E-state index in [1.54, 1.807) is 22.2 Å². The monoisotopic (exact) mass is 217 g/mol. The SMILES string of the molecule is Nc1nc(-n2cccn2)c2ccsc2n1. The van der Waals surface area contributed by atoms with Gasteiger partial charge in [-0.3, -0.25) is 0 Å². The zero-order chi connectivity index (χ0) is 10.3. The fourth-order valence-corrected chi connectivity index (χ4v) is 2.19. The average Bonchev–Trinajstić information content (AvgIpc) is 2.86. The first kappa shape index (κ1) is 8.37. The standard InChI is InChI=1S/C9H7N5S/c10-9-12-7(14-4-1-3-11-14)6-2-5-15-8(6)13-9/h1-5H,(H2,10,12,13). The number of nitrogens with zero attached hydrogens (tertiary/aromatic N) is 4. The molecular formula is C9H7N5S. The third kappa shape index (κ3) is 1.26. The van der Waals surface area contributed by atoms with Crippen molar-refractivity contribution in [3.8, 4) is 5.82 Å². The molecule has 5 nitrogen and oxygen atoms in total. The Balaban J connectivity index is 2.38. The second kappa shape index (κ2) is 3.03. The van der Waals surface area contributed by atoms with Crippen LogP contribution in [0.15, 0.2) is 29.9 Å². The highest BCUT2D eigenvalue weighted by atomic mass is 32.1. The molecular weight excluding hydrogens is 210 g/mol. The molecule has 0 spiro atoms. The number of rotatable bonds is 1. The van der Waals surface area contributed by atoms with Crippen LogP contribution >= 0.6 is 11.3 Å². The lowest BCUT2D eigenvalue weighted by Gasteiger charge is -2.02. The summed E-state index contributed by atoms with van der Waals surface area (Å²) in [7, 11) is 0. The van der Waals surface area contributed by atoms with Crippen LogP contribution in [0.5, 0.6) is 0 Å². The first-order valence-electron chi connectivity index (χ1n) is 4.35. The van der Waals surface area contributed by atoms with Crippen LogP contribution in [0.4, 0.5) is 5.95 Å². The second-order valence-electron chi connectivity index (χ2n) is 3.00. The van der Waals surface area contributed by atoms with Gasteiger partial charge in [0.1, 0.15) is 4.83 Å². The molecule has 6 heteroatoms. The molecule has 0 saturated heterocycles. The molecule has 3 aromatic rings. The van der Waals surface area contributed by atoms with Gasteiger partial charge < -0.3 is 5.73 Å². The Morgan fingerprint density at radius 2 is 2.27 bits per heavy atom. The third-order valence-corrected chi connectivity index (χ3v) is 2.85. The molecule has 2 N–H and O–H groups in total. The Morgan fingerprint density at radius 1 is 1.33 bits per heavy atom. The fraction of sp³-hybridized carbons (Fsp3) is 0. The van der Waals surface area contributed by atoms with E-state index in [1.165, 1.54) is 0 Å². The van der Waals surface area contributed by atoms with Gasteiger partial charge in [0.25, 0.3) is 0 Å². The van der Waals surface area contributed by atoms with Gasteiger partial charge in [-0.1, -0.05) is 0 Å². The maximum Gasteiger partial charge on any atom is 0.223 e. The van der Waals surface area contributed by atoms with Crippen LogP contribution in [0.2, 0.25) is 0 Å². The molecule has 3 rings (SSSR count). The molecule has 74 valence electrons. The summed E-state index contributed by atoms with van der Waals surface area (Å²) in [6.07, 6.45) is 3.54. The molecule has 0 fully saturated rings. The van der Waals surface area contributed by atoms with Gasteiger partial charge in [0.15, 0.2) is 5.82 Å². The number of thiophene rings is 1. The smallest absolute Gasteiger partial charge is 0.223 e. The summed E-state index contributed by atoms with van der Waals surface area (Å²) in [6.45, 7) is 0. The number of anilines is 1. The summed E-state index contributed by atoms with van der Waals surface area (Å²) >= 11 is 1.54. The maximum absolute atomic E-state index is 5.63. The fourth-order valence-electron chi connectivity index (χ4n) is 1.42. The summed E-state index contributed by atoms with van der Waals surface area (Å²) in [5.41, 5.74) is 5.63. The minimum Gasteiger partial charge on any atom is -0.368 e. The summed E-state index contributed by atoms with van der Waals surface area (Å²) in [4.78, 5) is 9.22. The molecule has 0 aromatic carbocycles. The average molecular weight is 217 g/mol. The summed E-state index contributed by atoms with van der Waals surface area (Å²) < 4.78 is 1.69. The van der Waals surface area contributed by atoms with Gasteiger partial charge in [0, 0.05) is 12.4 Å². The number of nitrogen functional groups attached to an aromatic ring is 1.